The van der Waals surface area contributed by atoms with Crippen LogP contribution in [0.4, 0.5) is 0 Å². The van der Waals surface area contributed by atoms with Crippen LogP contribution in [0, 0.1) is 0 Å². The van der Waals surface area contributed by atoms with Gasteiger partial charge < -0.3 is 10.6 Å². The highest BCUT2D eigenvalue weighted by Gasteiger charge is 2.25. The number of amides is 1. The lowest BCUT2D eigenvalue weighted by Crippen LogP contribution is -2.42. The molecule has 17 heavy (non-hydrogen) atoms. The first-order valence-electron chi connectivity index (χ1n) is 6.13. The molecule has 1 aromatic rings. The number of carbonyl (C=O) groups excluding carboxylic acids is 1. The lowest BCUT2D eigenvalue weighted by molar-refractivity contribution is 0.0629. The molecular weight excluding hydrogens is 218 g/mol. The molecule has 0 spiro atoms. The Morgan fingerprint density at radius 1 is 1.59 bits per heavy atom. The van der Waals surface area contributed by atoms with Crippen LogP contribution in [0.25, 0.3) is 0 Å². The largest absolute Gasteiger partial charge is 0.335 e. The molecule has 94 valence electrons. The maximum Gasteiger partial charge on any atom is 0.276 e. The lowest BCUT2D eigenvalue weighted by atomic mass is 10.0. The van der Waals surface area contributed by atoms with E-state index in [0.717, 1.165) is 19.4 Å². The number of rotatable bonds is 3. The topological polar surface area (TPSA) is 77.0 Å². The van der Waals surface area contributed by atoms with Gasteiger partial charge in [0.05, 0.1) is 12.7 Å². The van der Waals surface area contributed by atoms with Crippen molar-refractivity contribution in [3.05, 3.63) is 11.9 Å². The summed E-state index contributed by atoms with van der Waals surface area (Å²) in [7, 11) is 0. The van der Waals surface area contributed by atoms with E-state index < -0.39 is 0 Å². The molecule has 0 radical (unpaired) electrons. The van der Waals surface area contributed by atoms with Gasteiger partial charge in [0.25, 0.3) is 5.91 Å². The monoisotopic (exact) mass is 237 g/mol. The first kappa shape index (κ1) is 12.0. The van der Waals surface area contributed by atoms with E-state index in [1.807, 2.05) is 4.90 Å². The smallest absolute Gasteiger partial charge is 0.276 e. The van der Waals surface area contributed by atoms with E-state index in [1.165, 1.54) is 6.42 Å². The Kier molecular flexibility index (Phi) is 3.73. The van der Waals surface area contributed by atoms with Crippen molar-refractivity contribution in [3.63, 3.8) is 0 Å². The zero-order valence-corrected chi connectivity index (χ0v) is 10.2. The molecule has 0 saturated carbocycles. The van der Waals surface area contributed by atoms with Crippen LogP contribution in [0.2, 0.25) is 0 Å². The van der Waals surface area contributed by atoms with Gasteiger partial charge in [-0.05, 0) is 26.2 Å². The number of piperidine rings is 1. The Morgan fingerprint density at radius 2 is 2.41 bits per heavy atom. The molecule has 2 N–H and O–H groups in total. The fourth-order valence-electron chi connectivity index (χ4n) is 2.18. The second kappa shape index (κ2) is 5.27. The Labute approximate surface area is 101 Å². The maximum absolute atomic E-state index is 12.2. The van der Waals surface area contributed by atoms with Crippen LogP contribution in [0.5, 0.6) is 0 Å². The van der Waals surface area contributed by atoms with Gasteiger partial charge in [0.2, 0.25) is 0 Å². The predicted octanol–water partition coefficient (Wildman–Crippen LogP) is 0.251. The quantitative estimate of drug-likeness (QED) is 0.817. The van der Waals surface area contributed by atoms with Crippen molar-refractivity contribution in [3.8, 4) is 0 Å². The first-order chi connectivity index (χ1) is 8.22. The molecule has 1 saturated heterocycles. The van der Waals surface area contributed by atoms with E-state index in [1.54, 1.807) is 10.9 Å². The molecule has 0 aromatic carbocycles. The molecule has 2 rings (SSSR count). The van der Waals surface area contributed by atoms with Crippen LogP contribution in [-0.2, 0) is 6.54 Å². The van der Waals surface area contributed by atoms with Crippen LogP contribution in [-0.4, -0.2) is 44.9 Å². The first-order valence-corrected chi connectivity index (χ1v) is 6.13. The molecule has 1 amide bonds. The van der Waals surface area contributed by atoms with Crippen LogP contribution in [0.3, 0.4) is 0 Å². The van der Waals surface area contributed by atoms with E-state index >= 15 is 0 Å². The Morgan fingerprint density at radius 3 is 3.12 bits per heavy atom. The van der Waals surface area contributed by atoms with Gasteiger partial charge in [-0.15, -0.1) is 5.10 Å². The van der Waals surface area contributed by atoms with Crippen LogP contribution >= 0.6 is 0 Å². The van der Waals surface area contributed by atoms with Crippen molar-refractivity contribution in [2.45, 2.75) is 38.8 Å². The molecular formula is C11H19N5O. The molecule has 6 nitrogen and oxygen atoms in total. The third-order valence-corrected chi connectivity index (χ3v) is 3.18. The van der Waals surface area contributed by atoms with Crippen molar-refractivity contribution in [1.82, 2.24) is 19.9 Å². The summed E-state index contributed by atoms with van der Waals surface area (Å²) < 4.78 is 1.61. The second-order valence-electron chi connectivity index (χ2n) is 4.50. The number of carbonyl (C=O) groups is 1. The van der Waals surface area contributed by atoms with Crippen molar-refractivity contribution < 1.29 is 4.79 Å². The SMILES string of the molecule is CC1CCCCN1C(=O)c1cn(CCN)nn1. The van der Waals surface area contributed by atoms with Crippen molar-refractivity contribution in [2.75, 3.05) is 13.1 Å². The van der Waals surface area contributed by atoms with E-state index in [2.05, 4.69) is 17.2 Å². The average molecular weight is 237 g/mol. The minimum atomic E-state index is -0.0135. The fourth-order valence-corrected chi connectivity index (χ4v) is 2.18. The Bertz CT molecular complexity index is 389. The third kappa shape index (κ3) is 2.63. The molecule has 1 unspecified atom stereocenters. The molecule has 2 heterocycles. The van der Waals surface area contributed by atoms with E-state index in [-0.39, 0.29) is 5.91 Å². The maximum atomic E-state index is 12.2. The standard InChI is InChI=1S/C11H19N5O/c1-9-4-2-3-6-16(9)11(17)10-8-15(7-5-12)14-13-10/h8-9H,2-7,12H2,1H3. The van der Waals surface area contributed by atoms with E-state index in [9.17, 15) is 4.79 Å². The molecule has 0 aliphatic carbocycles. The summed E-state index contributed by atoms with van der Waals surface area (Å²) in [5, 5.41) is 7.80. The molecule has 1 aliphatic heterocycles. The minimum Gasteiger partial charge on any atom is -0.335 e. The molecule has 1 aliphatic rings. The van der Waals surface area contributed by atoms with Gasteiger partial charge in [-0.1, -0.05) is 5.21 Å². The summed E-state index contributed by atoms with van der Waals surface area (Å²) in [4.78, 5) is 14.1. The summed E-state index contributed by atoms with van der Waals surface area (Å²) in [6.07, 6.45) is 5.02. The summed E-state index contributed by atoms with van der Waals surface area (Å²) in [5.41, 5.74) is 5.85. The van der Waals surface area contributed by atoms with E-state index in [0.29, 0.717) is 24.8 Å². The van der Waals surface area contributed by atoms with Gasteiger partial charge in [0.1, 0.15) is 0 Å². The summed E-state index contributed by atoms with van der Waals surface area (Å²) in [6, 6.07) is 0.302. The Balaban J connectivity index is 2.07. The number of nitrogens with zero attached hydrogens (tertiary/aromatic N) is 4. The van der Waals surface area contributed by atoms with Crippen LogP contribution < -0.4 is 5.73 Å². The second-order valence-corrected chi connectivity index (χ2v) is 4.50. The van der Waals surface area contributed by atoms with Crippen LogP contribution in [0.15, 0.2) is 6.20 Å². The zero-order valence-electron chi connectivity index (χ0n) is 10.2. The van der Waals surface area contributed by atoms with Crippen molar-refractivity contribution in [2.24, 2.45) is 5.73 Å². The number of likely N-dealkylation sites (tertiary alicyclic amines) is 1. The highest BCUT2D eigenvalue weighted by molar-refractivity contribution is 5.92. The van der Waals surface area contributed by atoms with Gasteiger partial charge >= 0.3 is 0 Å². The highest BCUT2D eigenvalue weighted by Crippen LogP contribution is 2.18. The number of aromatic nitrogens is 3. The minimum absolute atomic E-state index is 0.0135. The predicted molar refractivity (Wildman–Crippen MR) is 63.4 cm³/mol. The van der Waals surface area contributed by atoms with E-state index in [4.69, 9.17) is 5.73 Å². The van der Waals surface area contributed by atoms with Gasteiger partial charge in [-0.2, -0.15) is 0 Å². The van der Waals surface area contributed by atoms with Crippen LogP contribution in [0.1, 0.15) is 36.7 Å². The van der Waals surface area contributed by atoms with Crippen molar-refractivity contribution in [1.29, 1.82) is 0 Å². The number of hydrogen-bond acceptors (Lipinski definition) is 4. The summed E-state index contributed by atoms with van der Waals surface area (Å²) in [5.74, 6) is -0.0135. The number of nitrogens with two attached hydrogens (primary N) is 1. The summed E-state index contributed by atoms with van der Waals surface area (Å²) >= 11 is 0. The van der Waals surface area contributed by atoms with Gasteiger partial charge in [-0.25, -0.2) is 0 Å². The Hall–Kier alpha value is -1.43. The van der Waals surface area contributed by atoms with Gasteiger partial charge in [0, 0.05) is 19.1 Å². The fraction of sp³-hybridized carbons (Fsp3) is 0.727. The highest BCUT2D eigenvalue weighted by atomic mass is 16.2. The lowest BCUT2D eigenvalue weighted by Gasteiger charge is -2.32. The average Bonchev–Trinajstić information content (AvgIpc) is 2.78. The molecule has 1 aromatic heterocycles. The molecule has 1 fully saturated rings. The van der Waals surface area contributed by atoms with Crippen molar-refractivity contribution >= 4 is 5.91 Å². The normalized spacial score (nSPS) is 20.6. The molecule has 0 bridgehead atoms. The number of hydrogen-bond donors (Lipinski definition) is 1. The third-order valence-electron chi connectivity index (χ3n) is 3.18. The zero-order chi connectivity index (χ0) is 12.3. The molecule has 1 atom stereocenters. The van der Waals surface area contributed by atoms with Gasteiger partial charge in [0.15, 0.2) is 5.69 Å². The summed E-state index contributed by atoms with van der Waals surface area (Å²) in [6.45, 7) is 4.00. The molecule has 6 heteroatoms. The van der Waals surface area contributed by atoms with Gasteiger partial charge in [-0.3, -0.25) is 9.48 Å².